The molecule has 1 aromatic carbocycles. The Morgan fingerprint density at radius 3 is 2.76 bits per heavy atom. The molecule has 6 heteroatoms. The predicted molar refractivity (Wildman–Crippen MR) is 65.4 cm³/mol. The van der Waals surface area contributed by atoms with E-state index < -0.39 is 10.5 Å². The third-order valence-electron chi connectivity index (χ3n) is 3.06. The molecule has 1 aliphatic rings. The molecule has 92 valence electrons. The molecule has 1 aliphatic carbocycles. The summed E-state index contributed by atoms with van der Waals surface area (Å²) in [5.74, 6) is 0. The second-order valence-electron chi connectivity index (χ2n) is 4.32. The number of benzene rings is 1. The van der Waals surface area contributed by atoms with Gasteiger partial charge in [0.1, 0.15) is 10.7 Å². The SMILES string of the molecule is O=[N+]([O-])c1c(Cl)cccc1NCC1(O)CCC1. The molecule has 0 heterocycles. The van der Waals surface area contributed by atoms with E-state index in [1.54, 1.807) is 12.1 Å². The summed E-state index contributed by atoms with van der Waals surface area (Å²) in [7, 11) is 0. The van der Waals surface area contributed by atoms with Crippen LogP contribution in [0.2, 0.25) is 5.02 Å². The van der Waals surface area contributed by atoms with E-state index in [0.29, 0.717) is 12.2 Å². The molecule has 2 N–H and O–H groups in total. The van der Waals surface area contributed by atoms with E-state index in [2.05, 4.69) is 5.32 Å². The monoisotopic (exact) mass is 256 g/mol. The molecule has 0 aliphatic heterocycles. The van der Waals surface area contributed by atoms with Crippen molar-refractivity contribution in [3.63, 3.8) is 0 Å². The van der Waals surface area contributed by atoms with Crippen molar-refractivity contribution >= 4 is 23.0 Å². The standard InChI is InChI=1S/C11H13ClN2O3/c12-8-3-1-4-9(10(8)14(16)17)13-7-11(15)5-2-6-11/h1,3-4,13,15H,2,5-7H2. The molecule has 0 saturated heterocycles. The molecule has 0 unspecified atom stereocenters. The number of rotatable bonds is 4. The minimum absolute atomic E-state index is 0.0978. The summed E-state index contributed by atoms with van der Waals surface area (Å²) < 4.78 is 0. The summed E-state index contributed by atoms with van der Waals surface area (Å²) in [4.78, 5) is 10.4. The average Bonchev–Trinajstić information content (AvgIpc) is 2.23. The highest BCUT2D eigenvalue weighted by molar-refractivity contribution is 6.33. The Morgan fingerprint density at radius 2 is 2.24 bits per heavy atom. The Morgan fingerprint density at radius 1 is 1.53 bits per heavy atom. The van der Waals surface area contributed by atoms with Gasteiger partial charge in [0, 0.05) is 6.54 Å². The predicted octanol–water partition coefficient (Wildman–Crippen LogP) is 2.58. The lowest BCUT2D eigenvalue weighted by Gasteiger charge is -2.36. The second kappa shape index (κ2) is 4.50. The summed E-state index contributed by atoms with van der Waals surface area (Å²) in [6.45, 7) is 0.314. The van der Waals surface area contributed by atoms with Gasteiger partial charge in [0.05, 0.1) is 10.5 Å². The fourth-order valence-electron chi connectivity index (χ4n) is 1.86. The Labute approximate surface area is 104 Å². The van der Waals surface area contributed by atoms with E-state index in [4.69, 9.17) is 11.6 Å². The molecule has 1 saturated carbocycles. The van der Waals surface area contributed by atoms with Gasteiger partial charge >= 0.3 is 5.69 Å². The normalized spacial score (nSPS) is 17.3. The lowest BCUT2D eigenvalue weighted by molar-refractivity contribution is -0.383. The Balaban J connectivity index is 2.15. The highest BCUT2D eigenvalue weighted by Gasteiger charge is 2.34. The van der Waals surface area contributed by atoms with Crippen LogP contribution in [-0.4, -0.2) is 22.2 Å². The molecule has 0 bridgehead atoms. The summed E-state index contributed by atoms with van der Waals surface area (Å²) in [5, 5.41) is 23.8. The van der Waals surface area contributed by atoms with Gasteiger partial charge in [-0.15, -0.1) is 0 Å². The maximum atomic E-state index is 10.9. The summed E-state index contributed by atoms with van der Waals surface area (Å²) in [6, 6.07) is 4.71. The molecule has 1 aromatic rings. The van der Waals surface area contributed by atoms with Crippen LogP contribution in [0.4, 0.5) is 11.4 Å². The number of aliphatic hydroxyl groups is 1. The van der Waals surface area contributed by atoms with Crippen molar-refractivity contribution in [1.82, 2.24) is 0 Å². The number of halogens is 1. The van der Waals surface area contributed by atoms with Gasteiger partial charge in [-0.05, 0) is 31.4 Å². The van der Waals surface area contributed by atoms with Crippen molar-refractivity contribution in [2.45, 2.75) is 24.9 Å². The van der Waals surface area contributed by atoms with Gasteiger partial charge in [0.15, 0.2) is 0 Å². The Kier molecular flexibility index (Phi) is 3.22. The number of para-hydroxylation sites is 1. The number of hydrogen-bond donors (Lipinski definition) is 2. The van der Waals surface area contributed by atoms with Crippen molar-refractivity contribution < 1.29 is 10.0 Å². The average molecular weight is 257 g/mol. The third kappa shape index (κ3) is 2.50. The molecule has 2 rings (SSSR count). The van der Waals surface area contributed by atoms with Crippen LogP contribution in [0, 0.1) is 10.1 Å². The Hall–Kier alpha value is -1.33. The smallest absolute Gasteiger partial charge is 0.310 e. The fourth-order valence-corrected chi connectivity index (χ4v) is 2.11. The van der Waals surface area contributed by atoms with Crippen molar-refractivity contribution in [2.75, 3.05) is 11.9 Å². The molecule has 0 aromatic heterocycles. The maximum absolute atomic E-state index is 10.9. The highest BCUT2D eigenvalue weighted by atomic mass is 35.5. The number of nitrogens with zero attached hydrogens (tertiary/aromatic N) is 1. The van der Waals surface area contributed by atoms with Crippen LogP contribution in [-0.2, 0) is 0 Å². The van der Waals surface area contributed by atoms with Gasteiger partial charge in [-0.3, -0.25) is 10.1 Å². The summed E-state index contributed by atoms with van der Waals surface area (Å²) >= 11 is 5.78. The van der Waals surface area contributed by atoms with Crippen molar-refractivity contribution in [3.05, 3.63) is 33.3 Å². The van der Waals surface area contributed by atoms with E-state index in [1.807, 2.05) is 0 Å². The number of hydrogen-bond acceptors (Lipinski definition) is 4. The molecular formula is C11H13ClN2O3. The van der Waals surface area contributed by atoms with Crippen LogP contribution in [0.25, 0.3) is 0 Å². The number of nitro benzene ring substituents is 1. The molecule has 17 heavy (non-hydrogen) atoms. The van der Waals surface area contributed by atoms with Gasteiger partial charge in [-0.2, -0.15) is 0 Å². The molecule has 0 amide bonds. The van der Waals surface area contributed by atoms with E-state index in [1.165, 1.54) is 6.07 Å². The fraction of sp³-hybridized carbons (Fsp3) is 0.455. The maximum Gasteiger partial charge on any atom is 0.310 e. The molecular weight excluding hydrogens is 244 g/mol. The third-order valence-corrected chi connectivity index (χ3v) is 3.37. The van der Waals surface area contributed by atoms with Crippen LogP contribution in [0.3, 0.4) is 0 Å². The zero-order chi connectivity index (χ0) is 12.5. The molecule has 5 nitrogen and oxygen atoms in total. The zero-order valence-electron chi connectivity index (χ0n) is 9.15. The van der Waals surface area contributed by atoms with Crippen LogP contribution in [0.1, 0.15) is 19.3 Å². The summed E-state index contributed by atoms with van der Waals surface area (Å²) in [5.41, 5.74) is -0.518. The van der Waals surface area contributed by atoms with E-state index in [0.717, 1.165) is 19.3 Å². The number of nitro groups is 1. The first kappa shape index (κ1) is 12.1. The first-order valence-corrected chi connectivity index (χ1v) is 5.79. The molecule has 0 radical (unpaired) electrons. The van der Waals surface area contributed by atoms with Crippen molar-refractivity contribution in [3.8, 4) is 0 Å². The van der Waals surface area contributed by atoms with Crippen molar-refractivity contribution in [2.24, 2.45) is 0 Å². The van der Waals surface area contributed by atoms with Gasteiger partial charge in [0.2, 0.25) is 0 Å². The topological polar surface area (TPSA) is 75.4 Å². The molecule has 0 spiro atoms. The largest absolute Gasteiger partial charge is 0.388 e. The van der Waals surface area contributed by atoms with Crippen LogP contribution in [0.5, 0.6) is 0 Å². The van der Waals surface area contributed by atoms with Crippen molar-refractivity contribution in [1.29, 1.82) is 0 Å². The summed E-state index contributed by atoms with van der Waals surface area (Å²) in [6.07, 6.45) is 2.46. The van der Waals surface area contributed by atoms with E-state index >= 15 is 0 Å². The van der Waals surface area contributed by atoms with Crippen LogP contribution < -0.4 is 5.32 Å². The quantitative estimate of drug-likeness (QED) is 0.641. The number of anilines is 1. The van der Waals surface area contributed by atoms with E-state index in [-0.39, 0.29) is 10.7 Å². The lowest BCUT2D eigenvalue weighted by atomic mass is 9.80. The number of nitrogens with one attached hydrogen (secondary N) is 1. The minimum atomic E-state index is -0.726. The van der Waals surface area contributed by atoms with Gasteiger partial charge in [-0.25, -0.2) is 0 Å². The lowest BCUT2D eigenvalue weighted by Crippen LogP contribution is -2.43. The van der Waals surface area contributed by atoms with Gasteiger partial charge in [-0.1, -0.05) is 17.7 Å². The van der Waals surface area contributed by atoms with Gasteiger partial charge < -0.3 is 10.4 Å². The molecule has 0 atom stereocenters. The Bertz CT molecular complexity index is 446. The first-order chi connectivity index (χ1) is 8.02. The van der Waals surface area contributed by atoms with E-state index in [9.17, 15) is 15.2 Å². The minimum Gasteiger partial charge on any atom is -0.388 e. The first-order valence-electron chi connectivity index (χ1n) is 5.41. The van der Waals surface area contributed by atoms with Crippen LogP contribution >= 0.6 is 11.6 Å². The second-order valence-corrected chi connectivity index (χ2v) is 4.73. The highest BCUT2D eigenvalue weighted by Crippen LogP contribution is 2.35. The van der Waals surface area contributed by atoms with Gasteiger partial charge in [0.25, 0.3) is 0 Å². The van der Waals surface area contributed by atoms with Crippen LogP contribution in [0.15, 0.2) is 18.2 Å². The zero-order valence-corrected chi connectivity index (χ0v) is 9.91. The molecule has 1 fully saturated rings.